The Balaban J connectivity index is 1.56. The van der Waals surface area contributed by atoms with Crippen LogP contribution >= 0.6 is 0 Å². The Kier molecular flexibility index (Phi) is 5.36. The SMILES string of the molecule is CCc1ccc(C2Nc3ccc(C(=O)c4ccccc4)cc3NC3=C2C(=O)CCC3)cc1. The number of nitrogens with one attached hydrogen (secondary N) is 2. The lowest BCUT2D eigenvalue weighted by Crippen LogP contribution is -2.23. The van der Waals surface area contributed by atoms with Gasteiger partial charge in [0.25, 0.3) is 0 Å². The predicted octanol–water partition coefficient (Wildman–Crippen LogP) is 6.07. The lowest BCUT2D eigenvalue weighted by atomic mass is 9.86. The summed E-state index contributed by atoms with van der Waals surface area (Å²) in [6, 6.07) is 23.3. The van der Waals surface area contributed by atoms with E-state index in [2.05, 4.69) is 41.8 Å². The van der Waals surface area contributed by atoms with Crippen molar-refractivity contribution in [2.45, 2.75) is 38.6 Å². The summed E-state index contributed by atoms with van der Waals surface area (Å²) in [6.07, 6.45) is 3.21. The summed E-state index contributed by atoms with van der Waals surface area (Å²) < 4.78 is 0. The van der Waals surface area contributed by atoms with Crippen LogP contribution in [0.2, 0.25) is 0 Å². The van der Waals surface area contributed by atoms with Crippen LogP contribution in [0.15, 0.2) is 84.1 Å². The summed E-state index contributed by atoms with van der Waals surface area (Å²) in [5.41, 5.74) is 7.13. The highest BCUT2D eigenvalue weighted by atomic mass is 16.1. The average molecular weight is 423 g/mol. The van der Waals surface area contributed by atoms with Gasteiger partial charge in [0.2, 0.25) is 0 Å². The van der Waals surface area contributed by atoms with Crippen molar-refractivity contribution in [2.75, 3.05) is 10.6 Å². The molecule has 3 aromatic carbocycles. The van der Waals surface area contributed by atoms with Crippen LogP contribution in [0.4, 0.5) is 11.4 Å². The number of hydrogen-bond donors (Lipinski definition) is 2. The van der Waals surface area contributed by atoms with Gasteiger partial charge in [-0.2, -0.15) is 0 Å². The Bertz CT molecular complexity index is 1210. The van der Waals surface area contributed by atoms with Crippen molar-refractivity contribution in [3.63, 3.8) is 0 Å². The van der Waals surface area contributed by atoms with Gasteiger partial charge in [0.15, 0.2) is 11.6 Å². The first-order valence-electron chi connectivity index (χ1n) is 11.3. The first-order valence-corrected chi connectivity index (χ1v) is 11.3. The number of Topliss-reactive ketones (excluding diaryl/α,β-unsaturated/α-hetero) is 1. The third-order valence-corrected chi connectivity index (χ3v) is 6.37. The van der Waals surface area contributed by atoms with Crippen molar-refractivity contribution in [2.24, 2.45) is 0 Å². The molecule has 2 aliphatic rings. The number of carbonyl (C=O) groups excluding carboxylic acids is 2. The molecule has 4 heteroatoms. The average Bonchev–Trinajstić information content (AvgIpc) is 3.01. The molecule has 1 heterocycles. The Morgan fingerprint density at radius 1 is 0.906 bits per heavy atom. The minimum atomic E-state index is -0.215. The topological polar surface area (TPSA) is 58.2 Å². The fourth-order valence-electron chi connectivity index (χ4n) is 4.59. The Morgan fingerprint density at radius 2 is 1.69 bits per heavy atom. The van der Waals surface area contributed by atoms with Crippen LogP contribution in [0, 0.1) is 0 Å². The second-order valence-electron chi connectivity index (χ2n) is 8.42. The summed E-state index contributed by atoms with van der Waals surface area (Å²) in [5, 5.41) is 7.10. The fraction of sp³-hybridized carbons (Fsp3) is 0.214. The standard InChI is InChI=1S/C28H26N2O2/c1-2-18-11-13-19(14-12-18)27-26-23(9-6-10-25(26)31)29-24-17-21(15-16-22(24)30-27)28(32)20-7-4-3-5-8-20/h3-5,7-8,11-17,27,29-30H,2,6,9-10H2,1H3. The fourth-order valence-corrected chi connectivity index (χ4v) is 4.59. The first-order chi connectivity index (χ1) is 15.6. The van der Waals surface area contributed by atoms with E-state index in [1.54, 1.807) is 0 Å². The molecule has 2 N–H and O–H groups in total. The van der Waals surface area contributed by atoms with Gasteiger partial charge in [-0.3, -0.25) is 9.59 Å². The second-order valence-corrected chi connectivity index (χ2v) is 8.42. The summed E-state index contributed by atoms with van der Waals surface area (Å²) in [7, 11) is 0. The smallest absolute Gasteiger partial charge is 0.193 e. The van der Waals surface area contributed by atoms with Crippen LogP contribution in [0.3, 0.4) is 0 Å². The molecule has 0 spiro atoms. The minimum absolute atomic E-state index is 0.0138. The molecular formula is C28H26N2O2. The van der Waals surface area contributed by atoms with Crippen molar-refractivity contribution in [1.29, 1.82) is 0 Å². The van der Waals surface area contributed by atoms with E-state index in [0.29, 0.717) is 17.5 Å². The maximum absolute atomic E-state index is 13.0. The normalized spacial score (nSPS) is 17.5. The van der Waals surface area contributed by atoms with Crippen molar-refractivity contribution >= 4 is 22.9 Å². The first kappa shape index (κ1) is 20.3. The Hall–Kier alpha value is -3.66. The van der Waals surface area contributed by atoms with E-state index in [1.807, 2.05) is 48.5 Å². The molecule has 1 aliphatic carbocycles. The van der Waals surface area contributed by atoms with E-state index in [1.165, 1.54) is 5.56 Å². The highest BCUT2D eigenvalue weighted by Gasteiger charge is 2.32. The van der Waals surface area contributed by atoms with Crippen LogP contribution < -0.4 is 10.6 Å². The van der Waals surface area contributed by atoms with Gasteiger partial charge in [0.1, 0.15) is 0 Å². The van der Waals surface area contributed by atoms with Gasteiger partial charge in [-0.25, -0.2) is 0 Å². The van der Waals surface area contributed by atoms with Gasteiger partial charge in [0, 0.05) is 28.8 Å². The monoisotopic (exact) mass is 422 g/mol. The summed E-state index contributed by atoms with van der Waals surface area (Å²) in [4.78, 5) is 26.0. The number of fused-ring (bicyclic) bond motifs is 1. The van der Waals surface area contributed by atoms with Crippen LogP contribution in [-0.2, 0) is 11.2 Å². The molecule has 0 saturated heterocycles. The van der Waals surface area contributed by atoms with Crippen LogP contribution in [0.25, 0.3) is 0 Å². The van der Waals surface area contributed by atoms with Gasteiger partial charge in [0.05, 0.1) is 17.4 Å². The molecule has 3 aromatic rings. The number of benzene rings is 3. The molecule has 0 amide bonds. The molecule has 1 atom stereocenters. The van der Waals surface area contributed by atoms with Gasteiger partial charge in [-0.1, -0.05) is 61.5 Å². The molecule has 0 saturated carbocycles. The largest absolute Gasteiger partial charge is 0.372 e. The maximum atomic E-state index is 13.0. The van der Waals surface area contributed by atoms with Gasteiger partial charge >= 0.3 is 0 Å². The number of hydrogen-bond acceptors (Lipinski definition) is 4. The Labute approximate surface area is 188 Å². The van der Waals surface area contributed by atoms with E-state index in [0.717, 1.165) is 47.5 Å². The molecule has 0 aromatic heterocycles. The van der Waals surface area contributed by atoms with Crippen molar-refractivity contribution in [1.82, 2.24) is 0 Å². The quantitative estimate of drug-likeness (QED) is 0.501. The zero-order valence-corrected chi connectivity index (χ0v) is 18.2. The lowest BCUT2D eigenvalue weighted by molar-refractivity contribution is -0.116. The van der Waals surface area contributed by atoms with Crippen molar-refractivity contribution < 1.29 is 9.59 Å². The summed E-state index contributed by atoms with van der Waals surface area (Å²) in [5.74, 6) is 0.171. The second kappa shape index (κ2) is 8.46. The molecule has 0 radical (unpaired) electrons. The lowest BCUT2D eigenvalue weighted by Gasteiger charge is -2.25. The van der Waals surface area contributed by atoms with Crippen molar-refractivity contribution in [3.05, 3.63) is 106 Å². The van der Waals surface area contributed by atoms with Crippen LogP contribution in [0.5, 0.6) is 0 Å². The van der Waals surface area contributed by atoms with Gasteiger partial charge < -0.3 is 10.6 Å². The van der Waals surface area contributed by atoms with Crippen LogP contribution in [-0.4, -0.2) is 11.6 Å². The van der Waals surface area contributed by atoms with E-state index < -0.39 is 0 Å². The molecule has 0 bridgehead atoms. The molecule has 160 valence electrons. The number of carbonyl (C=O) groups is 2. The third-order valence-electron chi connectivity index (χ3n) is 6.37. The maximum Gasteiger partial charge on any atom is 0.193 e. The number of ketones is 2. The molecule has 1 unspecified atom stereocenters. The molecule has 4 nitrogen and oxygen atoms in total. The number of allylic oxidation sites excluding steroid dienone is 1. The summed E-state index contributed by atoms with van der Waals surface area (Å²) in [6.45, 7) is 2.14. The number of aryl methyl sites for hydroxylation is 1. The molecular weight excluding hydrogens is 396 g/mol. The highest BCUT2D eigenvalue weighted by Crippen LogP contribution is 2.41. The molecule has 5 rings (SSSR count). The highest BCUT2D eigenvalue weighted by molar-refractivity contribution is 6.10. The van der Waals surface area contributed by atoms with E-state index in [-0.39, 0.29) is 17.6 Å². The van der Waals surface area contributed by atoms with Crippen molar-refractivity contribution in [3.8, 4) is 0 Å². The van der Waals surface area contributed by atoms with E-state index in [4.69, 9.17) is 0 Å². The molecule has 0 fully saturated rings. The minimum Gasteiger partial charge on any atom is -0.372 e. The molecule has 32 heavy (non-hydrogen) atoms. The van der Waals surface area contributed by atoms with Crippen LogP contribution in [0.1, 0.15) is 59.3 Å². The summed E-state index contributed by atoms with van der Waals surface area (Å²) >= 11 is 0. The van der Waals surface area contributed by atoms with E-state index >= 15 is 0 Å². The Morgan fingerprint density at radius 3 is 2.44 bits per heavy atom. The third kappa shape index (κ3) is 3.73. The zero-order chi connectivity index (χ0) is 22.1. The number of anilines is 2. The van der Waals surface area contributed by atoms with Gasteiger partial charge in [-0.15, -0.1) is 0 Å². The number of rotatable bonds is 4. The van der Waals surface area contributed by atoms with E-state index in [9.17, 15) is 9.59 Å². The molecule has 1 aliphatic heterocycles. The zero-order valence-electron chi connectivity index (χ0n) is 18.2. The van der Waals surface area contributed by atoms with Gasteiger partial charge in [-0.05, 0) is 48.6 Å². The predicted molar refractivity (Wildman–Crippen MR) is 128 cm³/mol.